The number of aliphatic hydroxyl groups excluding tert-OH is 1. The topological polar surface area (TPSA) is 61.4 Å². The Hall–Kier alpha value is -0.420. The number of hydrogen-bond donors (Lipinski definition) is 3. The van der Waals surface area contributed by atoms with Gasteiger partial charge >= 0.3 is 6.03 Å². The minimum atomic E-state index is -0.161. The van der Waals surface area contributed by atoms with Crippen molar-refractivity contribution in [2.45, 2.75) is 55.9 Å². The molecule has 1 saturated heterocycles. The lowest BCUT2D eigenvalue weighted by atomic mass is 9.93. The van der Waals surface area contributed by atoms with Gasteiger partial charge in [0, 0.05) is 17.8 Å². The summed E-state index contributed by atoms with van der Waals surface area (Å²) < 4.78 is 0. The Morgan fingerprint density at radius 2 is 2.00 bits per heavy atom. The van der Waals surface area contributed by atoms with Gasteiger partial charge in [-0.15, -0.1) is 0 Å². The molecule has 0 aromatic rings. The highest BCUT2D eigenvalue weighted by atomic mass is 32.2. The molecule has 1 saturated carbocycles. The SMILES string of the molecule is O=C(NCC1CCCS1)NC1CCC(O)CC1. The lowest BCUT2D eigenvalue weighted by Crippen LogP contribution is -2.45. The van der Waals surface area contributed by atoms with Gasteiger partial charge in [-0.3, -0.25) is 0 Å². The number of nitrogens with one attached hydrogen (secondary N) is 2. The number of rotatable bonds is 3. The molecule has 4 nitrogen and oxygen atoms in total. The van der Waals surface area contributed by atoms with Gasteiger partial charge in [-0.25, -0.2) is 4.79 Å². The van der Waals surface area contributed by atoms with E-state index in [-0.39, 0.29) is 18.2 Å². The van der Waals surface area contributed by atoms with Crippen LogP contribution in [0.3, 0.4) is 0 Å². The molecule has 2 aliphatic rings. The van der Waals surface area contributed by atoms with Crippen molar-refractivity contribution in [3.05, 3.63) is 0 Å². The summed E-state index contributed by atoms with van der Waals surface area (Å²) in [4.78, 5) is 11.7. The quantitative estimate of drug-likeness (QED) is 0.718. The maximum atomic E-state index is 11.7. The fourth-order valence-electron chi connectivity index (χ4n) is 2.47. The molecule has 1 unspecified atom stereocenters. The number of hydrogen-bond acceptors (Lipinski definition) is 3. The van der Waals surface area contributed by atoms with Gasteiger partial charge in [0.2, 0.25) is 0 Å². The van der Waals surface area contributed by atoms with Gasteiger partial charge in [-0.2, -0.15) is 11.8 Å². The van der Waals surface area contributed by atoms with Crippen molar-refractivity contribution in [2.24, 2.45) is 0 Å². The number of thioether (sulfide) groups is 1. The van der Waals surface area contributed by atoms with E-state index in [1.165, 1.54) is 18.6 Å². The maximum Gasteiger partial charge on any atom is 0.315 e. The average Bonchev–Trinajstić information content (AvgIpc) is 2.83. The molecule has 0 bridgehead atoms. The minimum Gasteiger partial charge on any atom is -0.393 e. The van der Waals surface area contributed by atoms with Gasteiger partial charge in [0.05, 0.1) is 6.10 Å². The molecule has 2 fully saturated rings. The first-order valence-electron chi connectivity index (χ1n) is 6.58. The van der Waals surface area contributed by atoms with Crippen molar-refractivity contribution in [1.82, 2.24) is 10.6 Å². The summed E-state index contributed by atoms with van der Waals surface area (Å²) in [7, 11) is 0. The second-order valence-electron chi connectivity index (χ2n) is 4.99. The van der Waals surface area contributed by atoms with Gasteiger partial charge in [0.15, 0.2) is 0 Å². The van der Waals surface area contributed by atoms with E-state index in [1.54, 1.807) is 0 Å². The van der Waals surface area contributed by atoms with Gasteiger partial charge in [-0.05, 0) is 44.3 Å². The van der Waals surface area contributed by atoms with Gasteiger partial charge in [0.25, 0.3) is 0 Å². The van der Waals surface area contributed by atoms with Crippen LogP contribution in [0.5, 0.6) is 0 Å². The molecular formula is C12H22N2O2S. The molecular weight excluding hydrogens is 236 g/mol. The molecule has 0 radical (unpaired) electrons. The van der Waals surface area contributed by atoms with E-state index >= 15 is 0 Å². The van der Waals surface area contributed by atoms with E-state index in [0.717, 1.165) is 32.2 Å². The highest BCUT2D eigenvalue weighted by Crippen LogP contribution is 2.25. The highest BCUT2D eigenvalue weighted by molar-refractivity contribution is 8.00. The van der Waals surface area contributed by atoms with Crippen molar-refractivity contribution >= 4 is 17.8 Å². The number of aliphatic hydroxyl groups is 1. The Balaban J connectivity index is 1.60. The highest BCUT2D eigenvalue weighted by Gasteiger charge is 2.21. The Labute approximate surface area is 107 Å². The van der Waals surface area contributed by atoms with Gasteiger partial charge in [0.1, 0.15) is 0 Å². The summed E-state index contributed by atoms with van der Waals surface area (Å²) in [5, 5.41) is 15.9. The van der Waals surface area contributed by atoms with Gasteiger partial charge < -0.3 is 15.7 Å². The summed E-state index contributed by atoms with van der Waals surface area (Å²) >= 11 is 1.96. The number of carbonyl (C=O) groups excluding carboxylic acids is 1. The molecule has 2 amide bonds. The zero-order valence-electron chi connectivity index (χ0n) is 10.2. The molecule has 3 N–H and O–H groups in total. The summed E-state index contributed by atoms with van der Waals surface area (Å²) in [6.45, 7) is 0.784. The number of amides is 2. The first-order valence-corrected chi connectivity index (χ1v) is 7.63. The maximum absolute atomic E-state index is 11.7. The van der Waals surface area contributed by atoms with Gasteiger partial charge in [-0.1, -0.05) is 0 Å². The molecule has 0 aromatic heterocycles. The minimum absolute atomic E-state index is 0.0427. The lowest BCUT2D eigenvalue weighted by molar-refractivity contribution is 0.117. The molecule has 1 aliphatic carbocycles. The molecule has 5 heteroatoms. The monoisotopic (exact) mass is 258 g/mol. The first kappa shape index (κ1) is 13.0. The molecule has 2 rings (SSSR count). The van der Waals surface area contributed by atoms with Crippen LogP contribution in [0, 0.1) is 0 Å². The van der Waals surface area contributed by atoms with Crippen LogP contribution < -0.4 is 10.6 Å². The standard InChI is InChI=1S/C12H22N2O2S/c15-10-5-3-9(4-6-10)14-12(16)13-8-11-2-1-7-17-11/h9-11,15H,1-8H2,(H2,13,14,16). The average molecular weight is 258 g/mol. The fourth-order valence-corrected chi connectivity index (χ4v) is 3.67. The van der Waals surface area contributed by atoms with E-state index in [9.17, 15) is 9.90 Å². The Morgan fingerprint density at radius 3 is 2.65 bits per heavy atom. The van der Waals surface area contributed by atoms with Crippen LogP contribution in [0.1, 0.15) is 38.5 Å². The Kier molecular flexibility index (Phi) is 4.98. The van der Waals surface area contributed by atoms with E-state index < -0.39 is 0 Å². The summed E-state index contributed by atoms with van der Waals surface area (Å²) in [6, 6.07) is 0.202. The summed E-state index contributed by atoms with van der Waals surface area (Å²) in [5.41, 5.74) is 0. The van der Waals surface area contributed by atoms with Crippen LogP contribution in [0.25, 0.3) is 0 Å². The fraction of sp³-hybridized carbons (Fsp3) is 0.917. The molecule has 1 atom stereocenters. The molecule has 98 valence electrons. The Morgan fingerprint density at radius 1 is 1.24 bits per heavy atom. The molecule has 1 aliphatic heterocycles. The molecule has 0 aromatic carbocycles. The van der Waals surface area contributed by atoms with Crippen molar-refractivity contribution < 1.29 is 9.90 Å². The van der Waals surface area contributed by atoms with Crippen LogP contribution in [-0.2, 0) is 0 Å². The zero-order chi connectivity index (χ0) is 12.1. The second kappa shape index (κ2) is 6.50. The largest absolute Gasteiger partial charge is 0.393 e. The van der Waals surface area contributed by atoms with Crippen molar-refractivity contribution in [3.63, 3.8) is 0 Å². The van der Waals surface area contributed by atoms with Crippen molar-refractivity contribution in [3.8, 4) is 0 Å². The van der Waals surface area contributed by atoms with E-state index in [4.69, 9.17) is 0 Å². The first-order chi connectivity index (χ1) is 8.24. The van der Waals surface area contributed by atoms with E-state index in [2.05, 4.69) is 10.6 Å². The zero-order valence-corrected chi connectivity index (χ0v) is 11.0. The third kappa shape index (κ3) is 4.39. The van der Waals surface area contributed by atoms with E-state index in [0.29, 0.717) is 5.25 Å². The normalized spacial score (nSPS) is 33.4. The lowest BCUT2D eigenvalue weighted by Gasteiger charge is -2.26. The number of carbonyl (C=O) groups is 1. The summed E-state index contributed by atoms with van der Waals surface area (Å²) in [6.07, 6.45) is 5.75. The van der Waals surface area contributed by atoms with Crippen LogP contribution in [0.15, 0.2) is 0 Å². The predicted molar refractivity (Wildman–Crippen MR) is 70.3 cm³/mol. The van der Waals surface area contributed by atoms with E-state index in [1.807, 2.05) is 11.8 Å². The van der Waals surface area contributed by atoms with Crippen molar-refractivity contribution in [2.75, 3.05) is 12.3 Å². The molecule has 17 heavy (non-hydrogen) atoms. The summed E-state index contributed by atoms with van der Waals surface area (Å²) in [5.74, 6) is 1.23. The van der Waals surface area contributed by atoms with Crippen LogP contribution in [0.4, 0.5) is 4.79 Å². The Bertz CT molecular complexity index is 249. The van der Waals surface area contributed by atoms with Crippen molar-refractivity contribution in [1.29, 1.82) is 0 Å². The molecule has 1 heterocycles. The molecule has 0 spiro atoms. The van der Waals surface area contributed by atoms with Crippen LogP contribution in [-0.4, -0.2) is 40.8 Å². The second-order valence-corrected chi connectivity index (χ2v) is 6.40. The number of urea groups is 1. The smallest absolute Gasteiger partial charge is 0.315 e. The van der Waals surface area contributed by atoms with Crippen LogP contribution >= 0.6 is 11.8 Å². The third-order valence-electron chi connectivity index (χ3n) is 3.55. The predicted octanol–water partition coefficient (Wildman–Crippen LogP) is 1.48. The third-order valence-corrected chi connectivity index (χ3v) is 4.94. The van der Waals surface area contributed by atoms with Crippen LogP contribution in [0.2, 0.25) is 0 Å².